The summed E-state index contributed by atoms with van der Waals surface area (Å²) in [5.41, 5.74) is 7.57. The summed E-state index contributed by atoms with van der Waals surface area (Å²) >= 11 is 2.23. The molecular weight excluding hydrogens is 381 g/mol. The average Bonchev–Trinajstić information content (AvgIpc) is 2.46. The SMILES string of the molecule is CCOc1cc(N)cc(C(=O)OCc2ccc(I)cc2)c1. The van der Waals surface area contributed by atoms with Crippen molar-refractivity contribution >= 4 is 34.2 Å². The van der Waals surface area contributed by atoms with Gasteiger partial charge in [-0.25, -0.2) is 4.79 Å². The van der Waals surface area contributed by atoms with E-state index in [-0.39, 0.29) is 6.61 Å². The van der Waals surface area contributed by atoms with Crippen LogP contribution in [0, 0.1) is 3.57 Å². The summed E-state index contributed by atoms with van der Waals surface area (Å²) in [6, 6.07) is 12.7. The predicted molar refractivity (Wildman–Crippen MR) is 90.3 cm³/mol. The van der Waals surface area contributed by atoms with Crippen molar-refractivity contribution in [3.8, 4) is 5.75 Å². The molecular formula is C16H16INO3. The fourth-order valence-electron chi connectivity index (χ4n) is 1.80. The Kier molecular flexibility index (Phi) is 5.44. The van der Waals surface area contributed by atoms with Crippen molar-refractivity contribution in [2.24, 2.45) is 0 Å². The standard InChI is InChI=1S/C16H16INO3/c1-2-20-15-8-12(7-14(18)9-15)16(19)21-10-11-3-5-13(17)6-4-11/h3-9H,2,10,18H2,1H3. The van der Waals surface area contributed by atoms with E-state index in [9.17, 15) is 4.79 Å². The number of carbonyl (C=O) groups excluding carboxylic acids is 1. The Bertz CT molecular complexity index is 626. The summed E-state index contributed by atoms with van der Waals surface area (Å²) in [4.78, 5) is 12.1. The number of hydrogen-bond donors (Lipinski definition) is 1. The minimum absolute atomic E-state index is 0.231. The Balaban J connectivity index is 2.04. The minimum Gasteiger partial charge on any atom is -0.494 e. The van der Waals surface area contributed by atoms with Gasteiger partial charge >= 0.3 is 5.97 Å². The van der Waals surface area contributed by atoms with E-state index in [1.54, 1.807) is 18.2 Å². The number of carbonyl (C=O) groups is 1. The van der Waals surface area contributed by atoms with Crippen LogP contribution in [0.1, 0.15) is 22.8 Å². The van der Waals surface area contributed by atoms with Gasteiger partial charge in [-0.15, -0.1) is 0 Å². The number of halogens is 1. The number of nitrogens with two attached hydrogens (primary N) is 1. The van der Waals surface area contributed by atoms with Gasteiger partial charge in [-0.3, -0.25) is 0 Å². The van der Waals surface area contributed by atoms with Crippen molar-refractivity contribution < 1.29 is 14.3 Å². The number of nitrogen functional groups attached to an aromatic ring is 1. The topological polar surface area (TPSA) is 61.5 Å². The number of benzene rings is 2. The van der Waals surface area contributed by atoms with Crippen LogP contribution in [0.3, 0.4) is 0 Å². The first-order valence-electron chi connectivity index (χ1n) is 6.53. The van der Waals surface area contributed by atoms with Crippen molar-refractivity contribution in [3.63, 3.8) is 0 Å². The van der Waals surface area contributed by atoms with Gasteiger partial charge in [0.2, 0.25) is 0 Å². The smallest absolute Gasteiger partial charge is 0.338 e. The maximum atomic E-state index is 12.1. The molecule has 2 aromatic carbocycles. The maximum absolute atomic E-state index is 12.1. The molecule has 5 heteroatoms. The van der Waals surface area contributed by atoms with Crippen LogP contribution < -0.4 is 10.5 Å². The van der Waals surface area contributed by atoms with E-state index in [0.717, 1.165) is 9.13 Å². The molecule has 0 aliphatic carbocycles. The summed E-state index contributed by atoms with van der Waals surface area (Å²) < 4.78 is 11.8. The number of anilines is 1. The zero-order chi connectivity index (χ0) is 15.2. The van der Waals surface area contributed by atoms with Gasteiger partial charge in [0.05, 0.1) is 12.2 Å². The van der Waals surface area contributed by atoms with Crippen molar-refractivity contribution in [1.29, 1.82) is 0 Å². The Morgan fingerprint density at radius 2 is 1.90 bits per heavy atom. The summed E-state index contributed by atoms with van der Waals surface area (Å²) in [6.45, 7) is 2.62. The highest BCUT2D eigenvalue weighted by molar-refractivity contribution is 14.1. The van der Waals surface area contributed by atoms with Crippen LogP contribution in [0.5, 0.6) is 5.75 Å². The van der Waals surface area contributed by atoms with E-state index in [1.807, 2.05) is 31.2 Å². The van der Waals surface area contributed by atoms with Crippen LogP contribution >= 0.6 is 22.6 Å². The average molecular weight is 397 g/mol. The number of esters is 1. The molecule has 0 saturated carbocycles. The lowest BCUT2D eigenvalue weighted by atomic mass is 10.2. The second-order valence-corrected chi connectivity index (χ2v) is 5.67. The molecule has 0 saturated heterocycles. The summed E-state index contributed by atoms with van der Waals surface area (Å²) in [7, 11) is 0. The first-order valence-corrected chi connectivity index (χ1v) is 7.61. The second kappa shape index (κ2) is 7.31. The molecule has 21 heavy (non-hydrogen) atoms. The fraction of sp³-hybridized carbons (Fsp3) is 0.188. The largest absolute Gasteiger partial charge is 0.494 e. The fourth-order valence-corrected chi connectivity index (χ4v) is 2.16. The molecule has 0 atom stereocenters. The minimum atomic E-state index is -0.415. The second-order valence-electron chi connectivity index (χ2n) is 4.43. The molecule has 0 heterocycles. The van der Waals surface area contributed by atoms with E-state index in [1.165, 1.54) is 0 Å². The predicted octanol–water partition coefficient (Wildman–Crippen LogP) is 3.63. The van der Waals surface area contributed by atoms with Gasteiger partial charge in [0.25, 0.3) is 0 Å². The molecule has 0 aliphatic heterocycles. The van der Waals surface area contributed by atoms with Gasteiger partial charge in [0.15, 0.2) is 0 Å². The van der Waals surface area contributed by atoms with Crippen LogP contribution in [0.15, 0.2) is 42.5 Å². The first kappa shape index (κ1) is 15.6. The Morgan fingerprint density at radius 1 is 1.19 bits per heavy atom. The molecule has 0 radical (unpaired) electrons. The molecule has 0 unspecified atom stereocenters. The third-order valence-corrected chi connectivity index (χ3v) is 3.48. The normalized spacial score (nSPS) is 10.2. The van der Waals surface area contributed by atoms with Crippen LogP contribution in [0.4, 0.5) is 5.69 Å². The molecule has 0 aromatic heterocycles. The van der Waals surface area contributed by atoms with E-state index in [2.05, 4.69) is 22.6 Å². The maximum Gasteiger partial charge on any atom is 0.338 e. The third-order valence-electron chi connectivity index (χ3n) is 2.76. The number of ether oxygens (including phenoxy) is 2. The van der Waals surface area contributed by atoms with Crippen LogP contribution in [-0.2, 0) is 11.3 Å². The lowest BCUT2D eigenvalue weighted by molar-refractivity contribution is 0.0472. The Labute approximate surface area is 137 Å². The highest BCUT2D eigenvalue weighted by Crippen LogP contribution is 2.20. The molecule has 2 N–H and O–H groups in total. The van der Waals surface area contributed by atoms with Crippen molar-refractivity contribution in [1.82, 2.24) is 0 Å². The highest BCUT2D eigenvalue weighted by atomic mass is 127. The molecule has 110 valence electrons. The monoisotopic (exact) mass is 397 g/mol. The zero-order valence-electron chi connectivity index (χ0n) is 11.6. The van der Waals surface area contributed by atoms with E-state index in [4.69, 9.17) is 15.2 Å². The highest BCUT2D eigenvalue weighted by Gasteiger charge is 2.10. The number of hydrogen-bond acceptors (Lipinski definition) is 4. The van der Waals surface area contributed by atoms with E-state index < -0.39 is 5.97 Å². The molecule has 0 bridgehead atoms. The van der Waals surface area contributed by atoms with Crippen molar-refractivity contribution in [3.05, 3.63) is 57.2 Å². The molecule has 0 spiro atoms. The lowest BCUT2D eigenvalue weighted by Crippen LogP contribution is -2.06. The van der Waals surface area contributed by atoms with Gasteiger partial charge in [-0.2, -0.15) is 0 Å². The molecule has 0 amide bonds. The number of rotatable bonds is 5. The zero-order valence-corrected chi connectivity index (χ0v) is 13.8. The summed E-state index contributed by atoms with van der Waals surface area (Å²) in [5, 5.41) is 0. The first-order chi connectivity index (χ1) is 10.1. The van der Waals surface area contributed by atoms with Gasteiger partial charge in [-0.05, 0) is 59.3 Å². The molecule has 2 aromatic rings. The van der Waals surface area contributed by atoms with Crippen LogP contribution in [0.25, 0.3) is 0 Å². The van der Waals surface area contributed by atoms with Gasteiger partial charge in [0, 0.05) is 15.3 Å². The van der Waals surface area contributed by atoms with Crippen LogP contribution in [0.2, 0.25) is 0 Å². The van der Waals surface area contributed by atoms with Gasteiger partial charge in [0.1, 0.15) is 12.4 Å². The van der Waals surface area contributed by atoms with E-state index >= 15 is 0 Å². The molecule has 0 aliphatic rings. The van der Waals surface area contributed by atoms with Crippen molar-refractivity contribution in [2.45, 2.75) is 13.5 Å². The molecule has 0 fully saturated rings. The van der Waals surface area contributed by atoms with Gasteiger partial charge in [-0.1, -0.05) is 12.1 Å². The lowest BCUT2D eigenvalue weighted by Gasteiger charge is -2.09. The van der Waals surface area contributed by atoms with Crippen LogP contribution in [-0.4, -0.2) is 12.6 Å². The summed E-state index contributed by atoms with van der Waals surface area (Å²) in [6.07, 6.45) is 0. The third kappa shape index (κ3) is 4.63. The summed E-state index contributed by atoms with van der Waals surface area (Å²) in [5.74, 6) is 0.153. The molecule has 4 nitrogen and oxygen atoms in total. The quantitative estimate of drug-likeness (QED) is 0.476. The Morgan fingerprint density at radius 3 is 2.57 bits per heavy atom. The van der Waals surface area contributed by atoms with Crippen molar-refractivity contribution in [2.75, 3.05) is 12.3 Å². The van der Waals surface area contributed by atoms with E-state index in [0.29, 0.717) is 23.6 Å². The molecule has 2 rings (SSSR count). The Hall–Kier alpha value is -1.76. The van der Waals surface area contributed by atoms with Gasteiger partial charge < -0.3 is 15.2 Å².